The minimum absolute atomic E-state index is 0.144. The van der Waals surface area contributed by atoms with Crippen molar-refractivity contribution in [3.05, 3.63) is 40.0 Å². The topological polar surface area (TPSA) is 112 Å². The van der Waals surface area contributed by atoms with Crippen molar-refractivity contribution in [2.24, 2.45) is 17.1 Å². The third-order valence-corrected chi connectivity index (χ3v) is 9.47. The number of benzene rings is 1. The smallest absolute Gasteiger partial charge is 0.253 e. The van der Waals surface area contributed by atoms with Crippen LogP contribution in [0, 0.1) is 25.2 Å². The van der Waals surface area contributed by atoms with Crippen LogP contribution in [0.2, 0.25) is 5.02 Å². The van der Waals surface area contributed by atoms with Crippen LogP contribution in [0.15, 0.2) is 23.1 Å². The molecule has 2 aromatic rings. The van der Waals surface area contributed by atoms with E-state index in [-0.39, 0.29) is 18.0 Å². The molecule has 7 nitrogen and oxygen atoms in total. The van der Waals surface area contributed by atoms with Crippen LogP contribution in [-0.4, -0.2) is 33.0 Å². The average Bonchev–Trinajstić information content (AvgIpc) is 3.14. The van der Waals surface area contributed by atoms with E-state index in [1.807, 2.05) is 52.8 Å². The van der Waals surface area contributed by atoms with Gasteiger partial charge in [0.15, 0.2) is 4.90 Å². The number of nitrogens with zero attached hydrogens (tertiary/aromatic N) is 1. The largest absolute Gasteiger partial charge is 0.593 e. The molecule has 0 saturated heterocycles. The quantitative estimate of drug-likeness (QED) is 0.342. The van der Waals surface area contributed by atoms with Gasteiger partial charge in [-0.05, 0) is 85.4 Å². The molecule has 1 saturated carbocycles. The number of rotatable bonds is 9. The van der Waals surface area contributed by atoms with Gasteiger partial charge >= 0.3 is 0 Å². The molecule has 1 aliphatic carbocycles. The van der Waals surface area contributed by atoms with Gasteiger partial charge in [-0.1, -0.05) is 30.9 Å². The molecule has 1 heterocycles. The van der Waals surface area contributed by atoms with Gasteiger partial charge in [0.2, 0.25) is 5.91 Å². The van der Waals surface area contributed by atoms with Crippen molar-refractivity contribution in [2.75, 3.05) is 6.54 Å². The van der Waals surface area contributed by atoms with Crippen molar-refractivity contribution < 1.29 is 14.1 Å². The van der Waals surface area contributed by atoms with Crippen LogP contribution in [0.3, 0.4) is 0 Å². The van der Waals surface area contributed by atoms with Gasteiger partial charge in [-0.25, -0.2) is 0 Å². The summed E-state index contributed by atoms with van der Waals surface area (Å²) in [6, 6.07) is 5.64. The summed E-state index contributed by atoms with van der Waals surface area (Å²) in [5, 5.41) is 3.42. The summed E-state index contributed by atoms with van der Waals surface area (Å²) in [4.78, 5) is 25.7. The lowest BCUT2D eigenvalue weighted by Crippen LogP contribution is -2.42. The summed E-state index contributed by atoms with van der Waals surface area (Å²) in [5.74, 6) is -0.188. The first-order valence-electron chi connectivity index (χ1n) is 13.4. The van der Waals surface area contributed by atoms with Gasteiger partial charge in [0, 0.05) is 29.9 Å². The Kier molecular flexibility index (Phi) is 9.67. The number of primary amides is 1. The number of aromatic nitrogens is 1. The Labute approximate surface area is 235 Å². The molecular formula is C29H43ClN4O3S. The summed E-state index contributed by atoms with van der Waals surface area (Å²) in [6.07, 6.45) is 6.03. The molecule has 0 spiro atoms. The highest BCUT2D eigenvalue weighted by Crippen LogP contribution is 2.38. The molecule has 9 heteroatoms. The number of nitrogens with one attached hydrogen (secondary N) is 2. The molecule has 4 N–H and O–H groups in total. The monoisotopic (exact) mass is 562 g/mol. The normalized spacial score (nSPS) is 15.9. The van der Waals surface area contributed by atoms with Crippen molar-refractivity contribution in [3.63, 3.8) is 0 Å². The molecule has 210 valence electrons. The number of hydrogen-bond acceptors (Lipinski definition) is 4. The Balaban J connectivity index is 2.03. The van der Waals surface area contributed by atoms with E-state index in [0.717, 1.165) is 41.9 Å². The first-order valence-corrected chi connectivity index (χ1v) is 14.9. The Hall–Kier alpha value is -2.00. The van der Waals surface area contributed by atoms with E-state index in [1.165, 1.54) is 19.3 Å². The van der Waals surface area contributed by atoms with E-state index in [1.54, 1.807) is 13.8 Å². The minimum Gasteiger partial charge on any atom is -0.593 e. The highest BCUT2D eigenvalue weighted by molar-refractivity contribution is 7.89. The van der Waals surface area contributed by atoms with Gasteiger partial charge in [0.1, 0.15) is 0 Å². The second-order valence-corrected chi connectivity index (χ2v) is 13.8. The molecule has 1 aliphatic rings. The summed E-state index contributed by atoms with van der Waals surface area (Å²) < 4.78 is 18.3. The number of hydrogen-bond donors (Lipinski definition) is 3. The third-order valence-electron chi connectivity index (χ3n) is 7.35. The van der Waals surface area contributed by atoms with E-state index >= 15 is 0 Å². The zero-order valence-corrected chi connectivity index (χ0v) is 25.4. The summed E-state index contributed by atoms with van der Waals surface area (Å²) >= 11 is 5.52. The summed E-state index contributed by atoms with van der Waals surface area (Å²) in [6.45, 7) is 14.1. The standard InChI is InChI=1S/C29H43ClN4O3S/c1-18-24(38(37)33-28(3,4)5)14-13-21(25(18)30)23-15-22(26(35)32-17-29(6,7)27(31)36)19(2)34(23)16-20-11-9-8-10-12-20/h13-15,20,33H,8-12,16-17H2,1-7H3,(H2,31,36)(H,32,35). The summed E-state index contributed by atoms with van der Waals surface area (Å²) in [7, 11) is 0. The van der Waals surface area contributed by atoms with Gasteiger partial charge in [0.25, 0.3) is 5.91 Å². The highest BCUT2D eigenvalue weighted by Gasteiger charge is 2.29. The molecule has 1 aromatic carbocycles. The van der Waals surface area contributed by atoms with Crippen LogP contribution >= 0.6 is 11.6 Å². The lowest BCUT2D eigenvalue weighted by Gasteiger charge is -2.25. The molecule has 2 amide bonds. The van der Waals surface area contributed by atoms with E-state index in [4.69, 9.17) is 17.3 Å². The van der Waals surface area contributed by atoms with Crippen LogP contribution in [0.5, 0.6) is 0 Å². The number of halogens is 1. The molecule has 0 bridgehead atoms. The van der Waals surface area contributed by atoms with Crippen molar-refractivity contribution in [2.45, 2.75) is 97.5 Å². The van der Waals surface area contributed by atoms with E-state index in [0.29, 0.717) is 21.4 Å². The van der Waals surface area contributed by atoms with Crippen molar-refractivity contribution in [1.82, 2.24) is 14.6 Å². The lowest BCUT2D eigenvalue weighted by atomic mass is 9.89. The Bertz CT molecular complexity index is 1180. The van der Waals surface area contributed by atoms with Crippen molar-refractivity contribution >= 4 is 34.8 Å². The van der Waals surface area contributed by atoms with Crippen LogP contribution in [-0.2, 0) is 22.7 Å². The van der Waals surface area contributed by atoms with Gasteiger partial charge in [-0.2, -0.15) is 0 Å². The summed E-state index contributed by atoms with van der Waals surface area (Å²) in [5.41, 5.74) is 8.14. The maximum atomic E-state index is 13.3. The Morgan fingerprint density at radius 2 is 1.76 bits per heavy atom. The van der Waals surface area contributed by atoms with Gasteiger partial charge in [-0.15, -0.1) is 4.72 Å². The van der Waals surface area contributed by atoms with Crippen LogP contribution < -0.4 is 15.8 Å². The molecular weight excluding hydrogens is 520 g/mol. The minimum atomic E-state index is -1.42. The molecule has 1 fully saturated rings. The zero-order valence-electron chi connectivity index (χ0n) is 23.8. The van der Waals surface area contributed by atoms with Crippen molar-refractivity contribution in [1.29, 1.82) is 0 Å². The van der Waals surface area contributed by atoms with Crippen molar-refractivity contribution in [3.8, 4) is 11.3 Å². The second-order valence-electron chi connectivity index (χ2n) is 12.2. The fourth-order valence-electron chi connectivity index (χ4n) is 4.84. The van der Waals surface area contributed by atoms with E-state index < -0.39 is 22.7 Å². The fraction of sp³-hybridized carbons (Fsp3) is 0.586. The molecule has 0 aliphatic heterocycles. The van der Waals surface area contributed by atoms with Gasteiger partial charge in [-0.3, -0.25) is 9.59 Å². The number of carbonyl (C=O) groups excluding carboxylic acids is 2. The number of carbonyl (C=O) groups is 2. The number of nitrogens with two attached hydrogens (primary N) is 1. The van der Waals surface area contributed by atoms with Gasteiger partial charge in [0.05, 0.1) is 38.6 Å². The second kappa shape index (κ2) is 12.0. The Morgan fingerprint density at radius 3 is 2.34 bits per heavy atom. The maximum Gasteiger partial charge on any atom is 0.253 e. The zero-order chi connectivity index (χ0) is 28.4. The molecule has 1 aromatic heterocycles. The maximum absolute atomic E-state index is 13.3. The van der Waals surface area contributed by atoms with Crippen LogP contribution in [0.25, 0.3) is 11.3 Å². The first-order chi connectivity index (χ1) is 17.6. The highest BCUT2D eigenvalue weighted by atomic mass is 35.5. The molecule has 0 radical (unpaired) electrons. The molecule has 1 unspecified atom stereocenters. The van der Waals surface area contributed by atoms with Crippen LogP contribution in [0.4, 0.5) is 0 Å². The third kappa shape index (κ3) is 7.14. The number of amides is 2. The van der Waals surface area contributed by atoms with Gasteiger partial charge < -0.3 is 20.2 Å². The lowest BCUT2D eigenvalue weighted by molar-refractivity contribution is -0.125. The Morgan fingerprint density at radius 1 is 1.13 bits per heavy atom. The van der Waals surface area contributed by atoms with Crippen LogP contribution in [0.1, 0.15) is 88.3 Å². The fourth-order valence-corrected chi connectivity index (χ4v) is 6.40. The van der Waals surface area contributed by atoms with E-state index in [2.05, 4.69) is 14.6 Å². The van der Waals surface area contributed by atoms with E-state index in [9.17, 15) is 14.1 Å². The average molecular weight is 563 g/mol. The molecule has 1 atom stereocenters. The molecule has 38 heavy (non-hydrogen) atoms. The SMILES string of the molecule is Cc1c([S+]([O-])NC(C)(C)C)ccc(-c2cc(C(=O)NCC(C)(C)C(N)=O)c(C)n2CC2CCCCC2)c1Cl. The molecule has 3 rings (SSSR count). The predicted molar refractivity (Wildman–Crippen MR) is 156 cm³/mol. The first kappa shape index (κ1) is 30.5. The predicted octanol–water partition coefficient (Wildman–Crippen LogP) is 5.66.